The van der Waals surface area contributed by atoms with Gasteiger partial charge >= 0.3 is 0 Å². The van der Waals surface area contributed by atoms with E-state index in [4.69, 9.17) is 4.74 Å². The maximum Gasteiger partial charge on any atom is 0.176 e. The van der Waals surface area contributed by atoms with E-state index in [1.165, 1.54) is 0 Å². The zero-order chi connectivity index (χ0) is 15.4. The number of hydrogen-bond acceptors (Lipinski definition) is 5. The normalized spacial score (nSPS) is 11.0. The number of aliphatic hydroxyl groups is 1. The molecule has 0 aliphatic rings. The number of ether oxygens (including phenoxy) is 1. The van der Waals surface area contributed by atoms with Crippen LogP contribution in [0.3, 0.4) is 0 Å². The van der Waals surface area contributed by atoms with E-state index >= 15 is 0 Å². The van der Waals surface area contributed by atoms with Crippen molar-refractivity contribution in [1.29, 1.82) is 0 Å². The van der Waals surface area contributed by atoms with E-state index in [9.17, 15) is 5.11 Å². The third-order valence-corrected chi connectivity index (χ3v) is 3.20. The second kappa shape index (κ2) is 6.50. The second-order valence-corrected chi connectivity index (χ2v) is 4.70. The molecule has 7 nitrogen and oxygen atoms in total. The van der Waals surface area contributed by atoms with Gasteiger partial charge in [-0.2, -0.15) is 10.2 Å². The SMILES string of the molecule is COCc1nc(-c2ccccc2-n2cccn2)n(CCO)n1. The van der Waals surface area contributed by atoms with Crippen molar-refractivity contribution in [2.24, 2.45) is 0 Å². The Morgan fingerprint density at radius 2 is 2.09 bits per heavy atom. The molecule has 0 fully saturated rings. The molecule has 1 N–H and O–H groups in total. The number of para-hydroxylation sites is 1. The zero-order valence-corrected chi connectivity index (χ0v) is 12.3. The van der Waals surface area contributed by atoms with Crippen molar-refractivity contribution in [2.45, 2.75) is 13.2 Å². The Morgan fingerprint density at radius 1 is 1.23 bits per heavy atom. The maximum absolute atomic E-state index is 9.25. The summed E-state index contributed by atoms with van der Waals surface area (Å²) in [5, 5.41) is 17.9. The number of nitrogens with zero attached hydrogens (tertiary/aromatic N) is 5. The van der Waals surface area contributed by atoms with Crippen LogP contribution in [0.2, 0.25) is 0 Å². The minimum atomic E-state index is -0.00722. The third-order valence-electron chi connectivity index (χ3n) is 3.20. The lowest BCUT2D eigenvalue weighted by Crippen LogP contribution is -2.08. The van der Waals surface area contributed by atoms with Crippen LogP contribution in [0.25, 0.3) is 17.1 Å². The molecule has 0 radical (unpaired) electrons. The largest absolute Gasteiger partial charge is 0.394 e. The molecule has 2 aromatic heterocycles. The molecule has 0 aliphatic heterocycles. The van der Waals surface area contributed by atoms with Gasteiger partial charge in [0.15, 0.2) is 11.6 Å². The fourth-order valence-corrected chi connectivity index (χ4v) is 2.30. The van der Waals surface area contributed by atoms with Gasteiger partial charge in [-0.3, -0.25) is 0 Å². The highest BCUT2D eigenvalue weighted by Crippen LogP contribution is 2.25. The van der Waals surface area contributed by atoms with Gasteiger partial charge in [-0.1, -0.05) is 12.1 Å². The highest BCUT2D eigenvalue weighted by atomic mass is 16.5. The molecule has 0 amide bonds. The lowest BCUT2D eigenvalue weighted by Gasteiger charge is -2.09. The predicted octanol–water partition coefficient (Wildman–Crippen LogP) is 1.27. The molecular formula is C15H17N5O2. The van der Waals surface area contributed by atoms with Crippen LogP contribution in [-0.4, -0.2) is 43.4 Å². The minimum absolute atomic E-state index is 0.00722. The van der Waals surface area contributed by atoms with E-state index in [2.05, 4.69) is 15.2 Å². The first-order valence-electron chi connectivity index (χ1n) is 6.96. The summed E-state index contributed by atoms with van der Waals surface area (Å²) in [6, 6.07) is 9.69. The molecular weight excluding hydrogens is 282 g/mol. The van der Waals surface area contributed by atoms with Gasteiger partial charge in [-0.25, -0.2) is 14.3 Å². The van der Waals surface area contributed by atoms with Crippen molar-refractivity contribution >= 4 is 0 Å². The average Bonchev–Trinajstić information content (AvgIpc) is 3.18. The van der Waals surface area contributed by atoms with Crippen molar-refractivity contribution in [1.82, 2.24) is 24.5 Å². The van der Waals surface area contributed by atoms with Crippen LogP contribution in [0.4, 0.5) is 0 Å². The van der Waals surface area contributed by atoms with Crippen LogP contribution >= 0.6 is 0 Å². The van der Waals surface area contributed by atoms with Crippen LogP contribution in [0.1, 0.15) is 5.82 Å². The monoisotopic (exact) mass is 299 g/mol. The Labute approximate surface area is 127 Å². The molecule has 0 atom stereocenters. The number of hydrogen-bond donors (Lipinski definition) is 1. The predicted molar refractivity (Wildman–Crippen MR) is 80.4 cm³/mol. The van der Waals surface area contributed by atoms with E-state index in [0.717, 1.165) is 11.3 Å². The fraction of sp³-hybridized carbons (Fsp3) is 0.267. The Hall–Kier alpha value is -2.51. The molecule has 7 heteroatoms. The average molecular weight is 299 g/mol. The van der Waals surface area contributed by atoms with Gasteiger partial charge < -0.3 is 9.84 Å². The minimum Gasteiger partial charge on any atom is -0.394 e. The number of aromatic nitrogens is 5. The molecule has 0 aliphatic carbocycles. The summed E-state index contributed by atoms with van der Waals surface area (Å²) < 4.78 is 8.57. The Kier molecular flexibility index (Phi) is 4.27. The standard InChI is InChI=1S/C15H17N5O2/c1-22-11-14-17-15(20(18-14)9-10-21)12-5-2-3-6-13(12)19-8-4-7-16-19/h2-8,21H,9-11H2,1H3. The van der Waals surface area contributed by atoms with Gasteiger partial charge in [0.1, 0.15) is 6.61 Å². The first-order valence-corrected chi connectivity index (χ1v) is 6.96. The lowest BCUT2D eigenvalue weighted by atomic mass is 10.1. The van der Waals surface area contributed by atoms with Gasteiger partial charge in [0.2, 0.25) is 0 Å². The summed E-state index contributed by atoms with van der Waals surface area (Å²) in [5.41, 5.74) is 1.80. The molecule has 114 valence electrons. The van der Waals surface area contributed by atoms with E-state index in [1.54, 1.807) is 22.7 Å². The van der Waals surface area contributed by atoms with E-state index in [1.807, 2.05) is 36.5 Å². The van der Waals surface area contributed by atoms with Gasteiger partial charge in [0.05, 0.1) is 18.8 Å². The van der Waals surface area contributed by atoms with E-state index < -0.39 is 0 Å². The highest BCUT2D eigenvalue weighted by molar-refractivity contribution is 5.67. The molecule has 1 aromatic carbocycles. The van der Waals surface area contributed by atoms with E-state index in [0.29, 0.717) is 24.8 Å². The van der Waals surface area contributed by atoms with Crippen LogP contribution in [0.15, 0.2) is 42.7 Å². The Morgan fingerprint density at radius 3 is 2.82 bits per heavy atom. The topological polar surface area (TPSA) is 78.0 Å². The number of methoxy groups -OCH3 is 1. The van der Waals surface area contributed by atoms with E-state index in [-0.39, 0.29) is 6.61 Å². The summed E-state index contributed by atoms with van der Waals surface area (Å²) in [6.07, 6.45) is 3.60. The third kappa shape index (κ3) is 2.76. The smallest absolute Gasteiger partial charge is 0.176 e. The summed E-state index contributed by atoms with van der Waals surface area (Å²) in [6.45, 7) is 0.696. The zero-order valence-electron chi connectivity index (χ0n) is 12.3. The van der Waals surface area contributed by atoms with Crippen LogP contribution in [-0.2, 0) is 17.9 Å². The molecule has 0 saturated heterocycles. The molecule has 0 saturated carbocycles. The van der Waals surface area contributed by atoms with Crippen molar-refractivity contribution in [3.8, 4) is 17.1 Å². The van der Waals surface area contributed by atoms with Gasteiger partial charge in [-0.15, -0.1) is 0 Å². The van der Waals surface area contributed by atoms with Crippen LogP contribution in [0, 0.1) is 0 Å². The number of benzene rings is 1. The summed E-state index contributed by atoms with van der Waals surface area (Å²) >= 11 is 0. The van der Waals surface area contributed by atoms with Crippen LogP contribution in [0.5, 0.6) is 0 Å². The first kappa shape index (κ1) is 14.4. The van der Waals surface area contributed by atoms with Crippen molar-refractivity contribution < 1.29 is 9.84 Å². The van der Waals surface area contributed by atoms with Gasteiger partial charge in [0, 0.05) is 25.1 Å². The van der Waals surface area contributed by atoms with Crippen LogP contribution < -0.4 is 0 Å². The van der Waals surface area contributed by atoms with Gasteiger partial charge in [0.25, 0.3) is 0 Å². The molecule has 0 spiro atoms. The highest BCUT2D eigenvalue weighted by Gasteiger charge is 2.15. The van der Waals surface area contributed by atoms with Crippen molar-refractivity contribution in [3.63, 3.8) is 0 Å². The quantitative estimate of drug-likeness (QED) is 0.741. The molecule has 3 rings (SSSR count). The lowest BCUT2D eigenvalue weighted by molar-refractivity contribution is 0.177. The summed E-state index contributed by atoms with van der Waals surface area (Å²) in [7, 11) is 1.60. The molecule has 0 bridgehead atoms. The molecule has 3 aromatic rings. The Balaban J connectivity index is 2.11. The molecule has 2 heterocycles. The summed E-state index contributed by atoms with van der Waals surface area (Å²) in [4.78, 5) is 4.53. The van der Waals surface area contributed by atoms with Crippen molar-refractivity contribution in [2.75, 3.05) is 13.7 Å². The summed E-state index contributed by atoms with van der Waals surface area (Å²) in [5.74, 6) is 1.27. The Bertz CT molecular complexity index is 736. The number of aliphatic hydroxyl groups excluding tert-OH is 1. The second-order valence-electron chi connectivity index (χ2n) is 4.70. The fourth-order valence-electron chi connectivity index (χ4n) is 2.30. The van der Waals surface area contributed by atoms with Gasteiger partial charge in [-0.05, 0) is 18.2 Å². The van der Waals surface area contributed by atoms with Crippen molar-refractivity contribution in [3.05, 3.63) is 48.5 Å². The maximum atomic E-state index is 9.25. The molecule has 22 heavy (non-hydrogen) atoms. The first-order chi connectivity index (χ1) is 10.8. The number of rotatable bonds is 6. The molecule has 0 unspecified atom stereocenters.